The van der Waals surface area contributed by atoms with Crippen LogP contribution in [0.2, 0.25) is 0 Å². The highest BCUT2D eigenvalue weighted by molar-refractivity contribution is 5.87. The van der Waals surface area contributed by atoms with E-state index < -0.39 is 5.97 Å². The average molecular weight is 266 g/mol. The van der Waals surface area contributed by atoms with Crippen molar-refractivity contribution in [3.63, 3.8) is 0 Å². The topological polar surface area (TPSA) is 55.8 Å². The molecular weight excluding hydrogens is 244 g/mol. The zero-order valence-electron chi connectivity index (χ0n) is 11.6. The van der Waals surface area contributed by atoms with Gasteiger partial charge >= 0.3 is 5.97 Å². The molecule has 0 aliphatic rings. The van der Waals surface area contributed by atoms with Crippen LogP contribution in [0.25, 0.3) is 0 Å². The summed E-state index contributed by atoms with van der Waals surface area (Å²) in [6, 6.07) is 6.47. The second-order valence-electron chi connectivity index (χ2n) is 4.65. The lowest BCUT2D eigenvalue weighted by atomic mass is 10.1. The standard InChI is InChI=1S/C15H22O4/c1-3-5-12(2)11-18-8-9-19-14-7-4-6-13(10-14)15(16)17/h4,6-7,10,12H,3,5,8-9,11H2,1-2H3,(H,16,17). The quantitative estimate of drug-likeness (QED) is 0.697. The van der Waals surface area contributed by atoms with Gasteiger partial charge in [0.1, 0.15) is 12.4 Å². The fraction of sp³-hybridized carbons (Fsp3) is 0.533. The van der Waals surface area contributed by atoms with Crippen LogP contribution < -0.4 is 4.74 Å². The van der Waals surface area contributed by atoms with Crippen molar-refractivity contribution in [2.45, 2.75) is 26.7 Å². The molecule has 0 bridgehead atoms. The Bertz CT molecular complexity index is 389. The van der Waals surface area contributed by atoms with Crippen molar-refractivity contribution in [3.05, 3.63) is 29.8 Å². The molecule has 1 aromatic rings. The minimum Gasteiger partial charge on any atom is -0.491 e. The Morgan fingerprint density at radius 2 is 2.16 bits per heavy atom. The van der Waals surface area contributed by atoms with Crippen LogP contribution in [-0.4, -0.2) is 30.9 Å². The molecule has 0 aromatic heterocycles. The molecule has 0 aliphatic carbocycles. The molecule has 0 saturated carbocycles. The van der Waals surface area contributed by atoms with Crippen molar-refractivity contribution in [3.8, 4) is 5.75 Å². The van der Waals surface area contributed by atoms with E-state index in [0.717, 1.165) is 6.61 Å². The van der Waals surface area contributed by atoms with Crippen LogP contribution >= 0.6 is 0 Å². The first kappa shape index (κ1) is 15.5. The summed E-state index contributed by atoms with van der Waals surface area (Å²) in [5.41, 5.74) is 0.231. The minimum atomic E-state index is -0.949. The summed E-state index contributed by atoms with van der Waals surface area (Å²) < 4.78 is 11.0. The highest BCUT2D eigenvalue weighted by atomic mass is 16.5. The van der Waals surface area contributed by atoms with E-state index >= 15 is 0 Å². The Morgan fingerprint density at radius 1 is 1.37 bits per heavy atom. The number of hydrogen-bond donors (Lipinski definition) is 1. The first-order chi connectivity index (χ1) is 9.13. The molecule has 1 atom stereocenters. The van der Waals surface area contributed by atoms with E-state index in [-0.39, 0.29) is 5.56 Å². The molecule has 1 aromatic carbocycles. The molecule has 0 saturated heterocycles. The van der Waals surface area contributed by atoms with Gasteiger partial charge in [0.15, 0.2) is 0 Å². The zero-order valence-corrected chi connectivity index (χ0v) is 11.6. The van der Waals surface area contributed by atoms with Gasteiger partial charge < -0.3 is 14.6 Å². The molecule has 0 aliphatic heterocycles. The van der Waals surface area contributed by atoms with Crippen LogP contribution in [-0.2, 0) is 4.74 Å². The molecule has 19 heavy (non-hydrogen) atoms. The third-order valence-corrected chi connectivity index (χ3v) is 2.76. The number of hydrogen-bond acceptors (Lipinski definition) is 3. The van der Waals surface area contributed by atoms with Crippen LogP contribution in [0.5, 0.6) is 5.75 Å². The van der Waals surface area contributed by atoms with Crippen molar-refractivity contribution >= 4 is 5.97 Å². The monoisotopic (exact) mass is 266 g/mol. The smallest absolute Gasteiger partial charge is 0.335 e. The minimum absolute atomic E-state index is 0.231. The van der Waals surface area contributed by atoms with Crippen molar-refractivity contribution < 1.29 is 19.4 Å². The summed E-state index contributed by atoms with van der Waals surface area (Å²) in [6.07, 6.45) is 2.34. The van der Waals surface area contributed by atoms with Crippen molar-refractivity contribution in [2.75, 3.05) is 19.8 Å². The second kappa shape index (κ2) is 8.53. The SMILES string of the molecule is CCCC(C)COCCOc1cccc(C(=O)O)c1. The van der Waals surface area contributed by atoms with Gasteiger partial charge in [-0.3, -0.25) is 0 Å². The lowest BCUT2D eigenvalue weighted by Gasteiger charge is -2.11. The largest absolute Gasteiger partial charge is 0.491 e. The maximum atomic E-state index is 10.8. The Kier molecular flexibility index (Phi) is 6.97. The van der Waals surface area contributed by atoms with E-state index in [2.05, 4.69) is 13.8 Å². The third-order valence-electron chi connectivity index (χ3n) is 2.76. The lowest BCUT2D eigenvalue weighted by Crippen LogP contribution is -2.12. The Morgan fingerprint density at radius 3 is 2.84 bits per heavy atom. The van der Waals surface area contributed by atoms with Crippen molar-refractivity contribution in [2.24, 2.45) is 5.92 Å². The molecule has 4 heteroatoms. The Balaban J connectivity index is 2.22. The molecule has 0 spiro atoms. The summed E-state index contributed by atoms with van der Waals surface area (Å²) in [6.45, 7) is 6.02. The highest BCUT2D eigenvalue weighted by Crippen LogP contribution is 2.13. The van der Waals surface area contributed by atoms with Gasteiger partial charge in [-0.2, -0.15) is 0 Å². The molecule has 0 heterocycles. The molecule has 106 valence electrons. The Labute approximate surface area is 114 Å². The van der Waals surface area contributed by atoms with Crippen LogP contribution in [0.15, 0.2) is 24.3 Å². The van der Waals surface area contributed by atoms with Gasteiger partial charge in [0.2, 0.25) is 0 Å². The second-order valence-corrected chi connectivity index (χ2v) is 4.65. The fourth-order valence-corrected chi connectivity index (χ4v) is 1.80. The number of benzene rings is 1. The summed E-state index contributed by atoms with van der Waals surface area (Å²) in [5.74, 6) is 0.181. The molecule has 4 nitrogen and oxygen atoms in total. The van der Waals surface area contributed by atoms with Gasteiger partial charge in [-0.25, -0.2) is 4.79 Å². The first-order valence-corrected chi connectivity index (χ1v) is 6.67. The van der Waals surface area contributed by atoms with Gasteiger partial charge in [-0.05, 0) is 30.5 Å². The van der Waals surface area contributed by atoms with E-state index in [1.165, 1.54) is 25.0 Å². The molecule has 1 unspecified atom stereocenters. The predicted octanol–water partition coefficient (Wildman–Crippen LogP) is 3.22. The molecule has 1 rings (SSSR count). The van der Waals surface area contributed by atoms with E-state index in [4.69, 9.17) is 14.6 Å². The van der Waals surface area contributed by atoms with Crippen LogP contribution in [0.3, 0.4) is 0 Å². The zero-order chi connectivity index (χ0) is 14.1. The summed E-state index contributed by atoms with van der Waals surface area (Å²) in [5, 5.41) is 8.85. The first-order valence-electron chi connectivity index (χ1n) is 6.67. The van der Waals surface area contributed by atoms with Gasteiger partial charge in [0.05, 0.1) is 12.2 Å². The van der Waals surface area contributed by atoms with Gasteiger partial charge in [-0.1, -0.05) is 26.3 Å². The Hall–Kier alpha value is -1.55. The van der Waals surface area contributed by atoms with Crippen LogP contribution in [0.1, 0.15) is 37.0 Å². The van der Waals surface area contributed by atoms with Crippen molar-refractivity contribution in [1.82, 2.24) is 0 Å². The van der Waals surface area contributed by atoms with Crippen LogP contribution in [0, 0.1) is 5.92 Å². The number of carboxylic acids is 1. The normalized spacial score (nSPS) is 12.1. The molecule has 1 N–H and O–H groups in total. The van der Waals surface area contributed by atoms with Gasteiger partial charge in [0, 0.05) is 6.61 Å². The maximum absolute atomic E-state index is 10.8. The summed E-state index contributed by atoms with van der Waals surface area (Å²) >= 11 is 0. The predicted molar refractivity (Wildman–Crippen MR) is 73.8 cm³/mol. The van der Waals surface area contributed by atoms with Crippen LogP contribution in [0.4, 0.5) is 0 Å². The number of aromatic carboxylic acids is 1. The molecular formula is C15H22O4. The maximum Gasteiger partial charge on any atom is 0.335 e. The average Bonchev–Trinajstić information content (AvgIpc) is 2.39. The number of rotatable bonds is 9. The highest BCUT2D eigenvalue weighted by Gasteiger charge is 2.04. The fourth-order valence-electron chi connectivity index (χ4n) is 1.80. The van der Waals surface area contributed by atoms with E-state index in [1.54, 1.807) is 12.1 Å². The van der Waals surface area contributed by atoms with E-state index in [9.17, 15) is 4.79 Å². The molecule has 0 radical (unpaired) electrons. The van der Waals surface area contributed by atoms with E-state index in [0.29, 0.717) is 24.9 Å². The molecule has 0 fully saturated rings. The van der Waals surface area contributed by atoms with Gasteiger partial charge in [0.25, 0.3) is 0 Å². The van der Waals surface area contributed by atoms with E-state index in [1.807, 2.05) is 0 Å². The number of carbonyl (C=O) groups is 1. The van der Waals surface area contributed by atoms with Gasteiger partial charge in [-0.15, -0.1) is 0 Å². The number of ether oxygens (including phenoxy) is 2. The lowest BCUT2D eigenvalue weighted by molar-refractivity contribution is 0.0694. The van der Waals surface area contributed by atoms with Crippen molar-refractivity contribution in [1.29, 1.82) is 0 Å². The summed E-state index contributed by atoms with van der Waals surface area (Å²) in [4.78, 5) is 10.8. The molecule has 0 amide bonds. The summed E-state index contributed by atoms with van der Waals surface area (Å²) in [7, 11) is 0. The third kappa shape index (κ3) is 6.25. The number of carboxylic acid groups (broad SMARTS) is 1.